The molecule has 0 spiro atoms. The predicted octanol–water partition coefficient (Wildman–Crippen LogP) is 6.55. The molecule has 0 aromatic carbocycles. The molecule has 0 N–H and O–H groups in total. The standard InChI is InChI=1S/C18H38/c1-9-11-12-17(16(5)18(6,7)8)13-15(4)14(3)10-2/h14-17H,9-13H2,1-8H3. The van der Waals surface area contributed by atoms with Crippen LogP contribution in [0.3, 0.4) is 0 Å². The molecule has 0 rings (SSSR count). The van der Waals surface area contributed by atoms with Gasteiger partial charge in [0.2, 0.25) is 0 Å². The van der Waals surface area contributed by atoms with Crippen molar-refractivity contribution in [1.82, 2.24) is 0 Å². The first-order valence-electron chi connectivity index (χ1n) is 8.23. The molecule has 0 saturated heterocycles. The van der Waals surface area contributed by atoms with Crippen LogP contribution in [0.2, 0.25) is 0 Å². The van der Waals surface area contributed by atoms with E-state index in [0.29, 0.717) is 5.41 Å². The fourth-order valence-corrected chi connectivity index (χ4v) is 2.86. The first kappa shape index (κ1) is 18.0. The Kier molecular flexibility index (Phi) is 8.23. The lowest BCUT2D eigenvalue weighted by molar-refractivity contribution is 0.132. The molecular formula is C18H38. The second-order valence-electron chi connectivity index (χ2n) is 7.66. The zero-order valence-corrected chi connectivity index (χ0v) is 14.3. The van der Waals surface area contributed by atoms with Gasteiger partial charge in [-0.1, -0.05) is 81.1 Å². The molecule has 0 aliphatic rings. The molecule has 0 aliphatic carbocycles. The highest BCUT2D eigenvalue weighted by Crippen LogP contribution is 2.39. The van der Waals surface area contributed by atoms with Crippen LogP contribution in [0.25, 0.3) is 0 Å². The third kappa shape index (κ3) is 6.25. The van der Waals surface area contributed by atoms with Crippen molar-refractivity contribution < 1.29 is 0 Å². The molecule has 110 valence electrons. The van der Waals surface area contributed by atoms with Crippen LogP contribution in [0.1, 0.15) is 87.5 Å². The van der Waals surface area contributed by atoms with E-state index in [4.69, 9.17) is 0 Å². The second kappa shape index (κ2) is 8.23. The summed E-state index contributed by atoms with van der Waals surface area (Å²) in [5, 5.41) is 0. The van der Waals surface area contributed by atoms with E-state index >= 15 is 0 Å². The Bertz CT molecular complexity index is 199. The van der Waals surface area contributed by atoms with Crippen LogP contribution in [0.4, 0.5) is 0 Å². The van der Waals surface area contributed by atoms with Gasteiger partial charge in [0, 0.05) is 0 Å². The van der Waals surface area contributed by atoms with E-state index < -0.39 is 0 Å². The average Bonchev–Trinajstić information content (AvgIpc) is 2.30. The summed E-state index contributed by atoms with van der Waals surface area (Å²) >= 11 is 0. The summed E-state index contributed by atoms with van der Waals surface area (Å²) in [6.07, 6.45) is 6.91. The van der Waals surface area contributed by atoms with E-state index in [1.807, 2.05) is 0 Å². The molecule has 0 aromatic heterocycles. The summed E-state index contributed by atoms with van der Waals surface area (Å²) in [4.78, 5) is 0. The van der Waals surface area contributed by atoms with Gasteiger partial charge in [0.25, 0.3) is 0 Å². The summed E-state index contributed by atoms with van der Waals surface area (Å²) in [6, 6.07) is 0. The fraction of sp³-hybridized carbons (Fsp3) is 1.00. The second-order valence-corrected chi connectivity index (χ2v) is 7.66. The van der Waals surface area contributed by atoms with Crippen molar-refractivity contribution in [1.29, 1.82) is 0 Å². The van der Waals surface area contributed by atoms with E-state index in [0.717, 1.165) is 23.7 Å². The molecule has 4 atom stereocenters. The molecule has 0 heterocycles. The molecular weight excluding hydrogens is 216 g/mol. The maximum absolute atomic E-state index is 2.48. The van der Waals surface area contributed by atoms with Crippen molar-refractivity contribution >= 4 is 0 Å². The van der Waals surface area contributed by atoms with Crippen LogP contribution < -0.4 is 0 Å². The van der Waals surface area contributed by atoms with Gasteiger partial charge in [0.15, 0.2) is 0 Å². The normalized spacial score (nSPS) is 19.3. The van der Waals surface area contributed by atoms with Crippen LogP contribution in [0, 0.1) is 29.1 Å². The number of rotatable bonds is 8. The Labute approximate surface area is 117 Å². The maximum Gasteiger partial charge on any atom is -0.0354 e. The van der Waals surface area contributed by atoms with Crippen molar-refractivity contribution in [3.05, 3.63) is 0 Å². The van der Waals surface area contributed by atoms with E-state index in [9.17, 15) is 0 Å². The molecule has 0 amide bonds. The van der Waals surface area contributed by atoms with Gasteiger partial charge < -0.3 is 0 Å². The smallest absolute Gasteiger partial charge is 0.0354 e. The minimum absolute atomic E-state index is 0.452. The van der Waals surface area contributed by atoms with E-state index in [1.54, 1.807) is 0 Å². The summed E-state index contributed by atoms with van der Waals surface area (Å²) in [5.74, 6) is 3.49. The first-order chi connectivity index (χ1) is 8.23. The molecule has 0 aromatic rings. The fourth-order valence-electron chi connectivity index (χ4n) is 2.86. The third-order valence-electron chi connectivity index (χ3n) is 5.29. The van der Waals surface area contributed by atoms with Gasteiger partial charge in [-0.15, -0.1) is 0 Å². The first-order valence-corrected chi connectivity index (χ1v) is 8.23. The lowest BCUT2D eigenvalue weighted by Gasteiger charge is -2.37. The van der Waals surface area contributed by atoms with Crippen molar-refractivity contribution in [2.24, 2.45) is 29.1 Å². The molecule has 0 aliphatic heterocycles. The van der Waals surface area contributed by atoms with Gasteiger partial charge >= 0.3 is 0 Å². The van der Waals surface area contributed by atoms with Crippen LogP contribution in [-0.4, -0.2) is 0 Å². The quantitative estimate of drug-likeness (QED) is 0.461. The Hall–Kier alpha value is 0. The molecule has 0 saturated carbocycles. The van der Waals surface area contributed by atoms with Gasteiger partial charge in [-0.2, -0.15) is 0 Å². The van der Waals surface area contributed by atoms with Crippen molar-refractivity contribution in [2.45, 2.75) is 87.5 Å². The van der Waals surface area contributed by atoms with Gasteiger partial charge in [0.1, 0.15) is 0 Å². The Balaban J connectivity index is 4.58. The van der Waals surface area contributed by atoms with Crippen LogP contribution in [0.5, 0.6) is 0 Å². The monoisotopic (exact) mass is 254 g/mol. The number of hydrogen-bond acceptors (Lipinski definition) is 0. The molecule has 4 unspecified atom stereocenters. The van der Waals surface area contributed by atoms with E-state index in [-0.39, 0.29) is 0 Å². The zero-order valence-electron chi connectivity index (χ0n) is 14.3. The SMILES string of the molecule is CCCCC(CC(C)C(C)CC)C(C)C(C)(C)C. The summed E-state index contributed by atoms with van der Waals surface area (Å²) < 4.78 is 0. The number of unbranched alkanes of at least 4 members (excludes halogenated alkanes) is 1. The largest absolute Gasteiger partial charge is 0.0654 e. The van der Waals surface area contributed by atoms with Gasteiger partial charge in [-0.05, 0) is 35.5 Å². The third-order valence-corrected chi connectivity index (χ3v) is 5.29. The van der Waals surface area contributed by atoms with Crippen molar-refractivity contribution in [2.75, 3.05) is 0 Å². The van der Waals surface area contributed by atoms with Gasteiger partial charge in [-0.25, -0.2) is 0 Å². The molecule has 0 bridgehead atoms. The molecule has 18 heavy (non-hydrogen) atoms. The Morgan fingerprint density at radius 1 is 0.889 bits per heavy atom. The Morgan fingerprint density at radius 3 is 1.83 bits per heavy atom. The summed E-state index contributed by atoms with van der Waals surface area (Å²) in [5.41, 5.74) is 0.452. The minimum Gasteiger partial charge on any atom is -0.0654 e. The molecule has 0 nitrogen and oxygen atoms in total. The lowest BCUT2D eigenvalue weighted by atomic mass is 9.69. The predicted molar refractivity (Wildman–Crippen MR) is 84.9 cm³/mol. The molecule has 0 fully saturated rings. The maximum atomic E-state index is 2.48. The zero-order chi connectivity index (χ0) is 14.3. The Morgan fingerprint density at radius 2 is 1.44 bits per heavy atom. The average molecular weight is 255 g/mol. The van der Waals surface area contributed by atoms with Crippen molar-refractivity contribution in [3.63, 3.8) is 0 Å². The molecule has 0 heteroatoms. The highest BCUT2D eigenvalue weighted by molar-refractivity contribution is 4.79. The molecule has 0 radical (unpaired) electrons. The van der Waals surface area contributed by atoms with Crippen LogP contribution in [-0.2, 0) is 0 Å². The van der Waals surface area contributed by atoms with E-state index in [1.165, 1.54) is 32.1 Å². The summed E-state index contributed by atoms with van der Waals surface area (Å²) in [7, 11) is 0. The van der Waals surface area contributed by atoms with Gasteiger partial charge in [-0.3, -0.25) is 0 Å². The lowest BCUT2D eigenvalue weighted by Crippen LogP contribution is -2.28. The minimum atomic E-state index is 0.452. The van der Waals surface area contributed by atoms with E-state index in [2.05, 4.69) is 55.4 Å². The summed E-state index contributed by atoms with van der Waals surface area (Å²) in [6.45, 7) is 19.2. The topological polar surface area (TPSA) is 0 Å². The van der Waals surface area contributed by atoms with Crippen LogP contribution >= 0.6 is 0 Å². The van der Waals surface area contributed by atoms with Crippen LogP contribution in [0.15, 0.2) is 0 Å². The number of hydrogen-bond donors (Lipinski definition) is 0. The van der Waals surface area contributed by atoms with Crippen molar-refractivity contribution in [3.8, 4) is 0 Å². The highest BCUT2D eigenvalue weighted by atomic mass is 14.3. The van der Waals surface area contributed by atoms with Gasteiger partial charge in [0.05, 0.1) is 0 Å². The highest BCUT2D eigenvalue weighted by Gasteiger charge is 2.29.